The van der Waals surface area contributed by atoms with Gasteiger partial charge in [0.2, 0.25) is 0 Å². The van der Waals surface area contributed by atoms with E-state index < -0.39 is 5.54 Å². The number of hydrogen-bond donors (Lipinski definition) is 1. The van der Waals surface area contributed by atoms with Crippen molar-refractivity contribution in [1.29, 1.82) is 0 Å². The molecule has 124 valence electrons. The van der Waals surface area contributed by atoms with Crippen molar-refractivity contribution in [3.8, 4) is 0 Å². The minimum Gasteiger partial charge on any atom is -0.468 e. The molecule has 0 radical (unpaired) electrons. The van der Waals surface area contributed by atoms with E-state index in [1.807, 2.05) is 6.92 Å². The fourth-order valence-corrected chi connectivity index (χ4v) is 3.01. The Hall–Kier alpha value is -0.650. The van der Waals surface area contributed by atoms with Crippen LogP contribution in [-0.2, 0) is 9.53 Å². The number of carbonyl (C=O) groups is 1. The molecule has 0 aromatic rings. The van der Waals surface area contributed by atoms with Gasteiger partial charge in [-0.15, -0.1) is 0 Å². The smallest absolute Gasteiger partial charge is 0.325 e. The van der Waals surface area contributed by atoms with Crippen LogP contribution in [0.1, 0.15) is 40.5 Å². The topological polar surface area (TPSA) is 44.8 Å². The lowest BCUT2D eigenvalue weighted by atomic mass is 9.96. The Morgan fingerprint density at radius 3 is 2.62 bits per heavy atom. The van der Waals surface area contributed by atoms with Crippen molar-refractivity contribution >= 4 is 5.97 Å². The summed E-state index contributed by atoms with van der Waals surface area (Å²) in [5.74, 6) is -0.156. The van der Waals surface area contributed by atoms with Gasteiger partial charge in [-0.1, -0.05) is 13.8 Å². The fourth-order valence-electron chi connectivity index (χ4n) is 3.01. The van der Waals surface area contributed by atoms with E-state index in [0.29, 0.717) is 6.04 Å². The van der Waals surface area contributed by atoms with Gasteiger partial charge in [-0.3, -0.25) is 9.69 Å². The largest absolute Gasteiger partial charge is 0.468 e. The van der Waals surface area contributed by atoms with Crippen molar-refractivity contribution in [2.24, 2.45) is 0 Å². The minimum atomic E-state index is -0.574. The molecule has 1 fully saturated rings. The summed E-state index contributed by atoms with van der Waals surface area (Å²) < 4.78 is 4.98. The molecule has 1 N–H and O–H groups in total. The van der Waals surface area contributed by atoms with Gasteiger partial charge >= 0.3 is 5.97 Å². The number of likely N-dealkylation sites (N-methyl/N-ethyl adjacent to an activating group) is 1. The number of esters is 1. The van der Waals surface area contributed by atoms with E-state index in [-0.39, 0.29) is 5.97 Å². The van der Waals surface area contributed by atoms with E-state index in [2.05, 4.69) is 35.9 Å². The second-order valence-corrected chi connectivity index (χ2v) is 6.28. The molecule has 0 saturated carbocycles. The second-order valence-electron chi connectivity index (χ2n) is 6.28. The number of piperazine rings is 1. The van der Waals surface area contributed by atoms with Crippen LogP contribution >= 0.6 is 0 Å². The van der Waals surface area contributed by atoms with Crippen molar-refractivity contribution in [3.63, 3.8) is 0 Å². The lowest BCUT2D eigenvalue weighted by Crippen LogP contribution is -2.55. The van der Waals surface area contributed by atoms with Crippen LogP contribution in [0.25, 0.3) is 0 Å². The molecule has 0 aromatic heterocycles. The third-order valence-corrected chi connectivity index (χ3v) is 4.58. The maximum atomic E-state index is 12.1. The van der Waals surface area contributed by atoms with Gasteiger partial charge in [-0.05, 0) is 39.8 Å². The number of hydrogen-bond acceptors (Lipinski definition) is 5. The standard InChI is InChI=1S/C16H33N3O2/c1-6-9-17-16(4,15(20)21-5)8-10-18-11-12-19(7-2)14(3)13-18/h14,17H,6-13H2,1-5H3. The molecular formula is C16H33N3O2. The molecule has 0 aromatic carbocycles. The van der Waals surface area contributed by atoms with Crippen molar-refractivity contribution in [1.82, 2.24) is 15.1 Å². The highest BCUT2D eigenvalue weighted by Crippen LogP contribution is 2.16. The van der Waals surface area contributed by atoms with Crippen LogP contribution in [0.2, 0.25) is 0 Å². The molecule has 1 saturated heterocycles. The van der Waals surface area contributed by atoms with E-state index in [9.17, 15) is 4.79 Å². The van der Waals surface area contributed by atoms with Crippen LogP contribution in [-0.4, -0.2) is 73.7 Å². The van der Waals surface area contributed by atoms with Crippen molar-refractivity contribution in [2.75, 3.05) is 46.4 Å². The predicted octanol–water partition coefficient (Wildman–Crippen LogP) is 1.33. The number of nitrogens with zero attached hydrogens (tertiary/aromatic N) is 2. The Morgan fingerprint density at radius 1 is 1.38 bits per heavy atom. The van der Waals surface area contributed by atoms with E-state index in [4.69, 9.17) is 4.74 Å². The summed E-state index contributed by atoms with van der Waals surface area (Å²) in [7, 11) is 1.47. The van der Waals surface area contributed by atoms with E-state index in [0.717, 1.165) is 52.1 Å². The highest BCUT2D eigenvalue weighted by Gasteiger charge is 2.34. The molecule has 0 amide bonds. The van der Waals surface area contributed by atoms with Gasteiger partial charge in [-0.25, -0.2) is 0 Å². The van der Waals surface area contributed by atoms with Crippen molar-refractivity contribution < 1.29 is 9.53 Å². The summed E-state index contributed by atoms with van der Waals surface area (Å²) in [6.45, 7) is 14.7. The quantitative estimate of drug-likeness (QED) is 0.685. The molecule has 2 unspecified atom stereocenters. The molecule has 2 atom stereocenters. The number of ether oxygens (including phenoxy) is 1. The molecule has 1 aliphatic heterocycles. The number of rotatable bonds is 8. The molecule has 0 bridgehead atoms. The van der Waals surface area contributed by atoms with E-state index in [1.165, 1.54) is 7.11 Å². The molecule has 0 spiro atoms. The minimum absolute atomic E-state index is 0.156. The highest BCUT2D eigenvalue weighted by molar-refractivity contribution is 5.80. The van der Waals surface area contributed by atoms with Gasteiger partial charge < -0.3 is 15.0 Å². The number of methoxy groups -OCH3 is 1. The monoisotopic (exact) mass is 299 g/mol. The summed E-state index contributed by atoms with van der Waals surface area (Å²) in [5, 5.41) is 3.36. The Balaban J connectivity index is 2.51. The normalized spacial score (nSPS) is 23.8. The summed E-state index contributed by atoms with van der Waals surface area (Å²) in [4.78, 5) is 17.0. The van der Waals surface area contributed by atoms with E-state index in [1.54, 1.807) is 0 Å². The van der Waals surface area contributed by atoms with Crippen LogP contribution < -0.4 is 5.32 Å². The first-order valence-corrected chi connectivity index (χ1v) is 8.26. The van der Waals surface area contributed by atoms with Crippen LogP contribution in [0, 0.1) is 0 Å². The van der Waals surface area contributed by atoms with Gasteiger partial charge in [0.05, 0.1) is 7.11 Å². The Morgan fingerprint density at radius 2 is 2.10 bits per heavy atom. The molecule has 5 nitrogen and oxygen atoms in total. The van der Waals surface area contributed by atoms with Gasteiger partial charge in [0.1, 0.15) is 5.54 Å². The molecule has 21 heavy (non-hydrogen) atoms. The maximum absolute atomic E-state index is 12.1. The SMILES string of the molecule is CCCNC(C)(CCN1CCN(CC)C(C)C1)C(=O)OC. The molecule has 1 heterocycles. The highest BCUT2D eigenvalue weighted by atomic mass is 16.5. The van der Waals surface area contributed by atoms with Crippen LogP contribution in [0.15, 0.2) is 0 Å². The zero-order valence-corrected chi connectivity index (χ0v) is 14.4. The fraction of sp³-hybridized carbons (Fsp3) is 0.938. The third-order valence-electron chi connectivity index (χ3n) is 4.58. The Bertz CT molecular complexity index is 325. The average molecular weight is 299 g/mol. The molecule has 5 heteroatoms. The lowest BCUT2D eigenvalue weighted by Gasteiger charge is -2.40. The average Bonchev–Trinajstić information content (AvgIpc) is 2.50. The molecular weight excluding hydrogens is 266 g/mol. The first-order chi connectivity index (χ1) is 9.96. The van der Waals surface area contributed by atoms with Gasteiger partial charge in [0.15, 0.2) is 0 Å². The van der Waals surface area contributed by atoms with Crippen LogP contribution in [0.4, 0.5) is 0 Å². The van der Waals surface area contributed by atoms with Crippen LogP contribution in [0.3, 0.4) is 0 Å². The predicted molar refractivity (Wildman–Crippen MR) is 86.5 cm³/mol. The lowest BCUT2D eigenvalue weighted by molar-refractivity contribution is -0.148. The summed E-state index contributed by atoms with van der Waals surface area (Å²) >= 11 is 0. The molecule has 1 rings (SSSR count). The molecule has 1 aliphatic rings. The first-order valence-electron chi connectivity index (χ1n) is 8.26. The third kappa shape index (κ3) is 5.24. The number of carbonyl (C=O) groups excluding carboxylic acids is 1. The number of nitrogens with one attached hydrogen (secondary N) is 1. The Kier molecular flexibility index (Phi) is 7.63. The summed E-state index contributed by atoms with van der Waals surface area (Å²) in [5.41, 5.74) is -0.574. The zero-order valence-electron chi connectivity index (χ0n) is 14.4. The second kappa shape index (κ2) is 8.71. The van der Waals surface area contributed by atoms with Gasteiger partial charge in [-0.2, -0.15) is 0 Å². The van der Waals surface area contributed by atoms with E-state index >= 15 is 0 Å². The first kappa shape index (κ1) is 18.4. The van der Waals surface area contributed by atoms with Gasteiger partial charge in [0.25, 0.3) is 0 Å². The summed E-state index contributed by atoms with van der Waals surface area (Å²) in [6, 6.07) is 0.594. The summed E-state index contributed by atoms with van der Waals surface area (Å²) in [6.07, 6.45) is 1.80. The molecule has 0 aliphatic carbocycles. The van der Waals surface area contributed by atoms with Crippen molar-refractivity contribution in [2.45, 2.75) is 52.1 Å². The van der Waals surface area contributed by atoms with Gasteiger partial charge in [0, 0.05) is 32.2 Å². The van der Waals surface area contributed by atoms with Crippen LogP contribution in [0.5, 0.6) is 0 Å². The Labute approximate surface area is 130 Å². The van der Waals surface area contributed by atoms with Crippen molar-refractivity contribution in [3.05, 3.63) is 0 Å². The zero-order chi connectivity index (χ0) is 15.9. The maximum Gasteiger partial charge on any atom is 0.325 e.